The Hall–Kier alpha value is -2.40. The number of fused-ring (bicyclic) bond motifs is 1. The van der Waals surface area contributed by atoms with Crippen molar-refractivity contribution in [1.29, 1.82) is 5.26 Å². The van der Waals surface area contributed by atoms with Crippen LogP contribution in [-0.2, 0) is 22.4 Å². The lowest BCUT2D eigenvalue weighted by atomic mass is 9.69. The Morgan fingerprint density at radius 3 is 2.71 bits per heavy atom. The maximum absolute atomic E-state index is 12.8. The molecule has 0 aromatic carbocycles. The number of hydrogen-bond acceptors (Lipinski definition) is 5. The summed E-state index contributed by atoms with van der Waals surface area (Å²) in [4.78, 5) is 40.0. The Labute approximate surface area is 187 Å². The molecule has 1 aliphatic heterocycles. The normalized spacial score (nSPS) is 22.4. The first-order valence-electron chi connectivity index (χ1n) is 11.2. The molecular formula is C23H30N4O3S. The smallest absolute Gasteiger partial charge is 0.323 e. The Morgan fingerprint density at radius 1 is 1.35 bits per heavy atom. The van der Waals surface area contributed by atoms with E-state index in [1.165, 1.54) is 16.2 Å². The van der Waals surface area contributed by atoms with Crippen LogP contribution in [0, 0.1) is 22.7 Å². The van der Waals surface area contributed by atoms with Crippen molar-refractivity contribution in [3.05, 3.63) is 16.0 Å². The number of carbonyl (C=O) groups is 3. The summed E-state index contributed by atoms with van der Waals surface area (Å²) in [6.07, 6.45) is 6.94. The molecule has 0 bridgehead atoms. The number of amides is 4. The van der Waals surface area contributed by atoms with E-state index in [0.717, 1.165) is 49.0 Å². The van der Waals surface area contributed by atoms with E-state index in [0.29, 0.717) is 29.3 Å². The molecular weight excluding hydrogens is 412 g/mol. The number of carbonyl (C=O) groups excluding carboxylic acids is 3. The summed E-state index contributed by atoms with van der Waals surface area (Å²) in [5.74, 6) is -0.202. The average Bonchev–Trinajstić information content (AvgIpc) is 3.40. The summed E-state index contributed by atoms with van der Waals surface area (Å²) in [5.41, 5.74) is 0.993. The molecule has 2 heterocycles. The molecule has 2 fully saturated rings. The number of nitriles is 1. The molecule has 0 radical (unpaired) electrons. The van der Waals surface area contributed by atoms with E-state index < -0.39 is 17.5 Å². The van der Waals surface area contributed by atoms with Crippen LogP contribution in [0.15, 0.2) is 0 Å². The third-order valence-corrected chi connectivity index (χ3v) is 8.82. The topological polar surface area (TPSA) is 102 Å². The summed E-state index contributed by atoms with van der Waals surface area (Å²) >= 11 is 1.47. The third-order valence-electron chi connectivity index (χ3n) is 7.65. The van der Waals surface area contributed by atoms with E-state index >= 15 is 0 Å². The number of nitrogens with one attached hydrogen (secondary N) is 2. The Morgan fingerprint density at radius 2 is 2.06 bits per heavy atom. The van der Waals surface area contributed by atoms with Crippen molar-refractivity contribution >= 4 is 34.2 Å². The van der Waals surface area contributed by atoms with Crippen LogP contribution < -0.4 is 10.6 Å². The monoisotopic (exact) mass is 442 g/mol. The zero-order chi connectivity index (χ0) is 22.4. The lowest BCUT2D eigenvalue weighted by Crippen LogP contribution is -2.44. The Bertz CT molecular complexity index is 968. The van der Waals surface area contributed by atoms with Crippen LogP contribution in [0.4, 0.5) is 9.80 Å². The first-order valence-corrected chi connectivity index (χ1v) is 12.0. The predicted molar refractivity (Wildman–Crippen MR) is 119 cm³/mol. The van der Waals surface area contributed by atoms with E-state index in [2.05, 4.69) is 37.5 Å². The maximum atomic E-state index is 12.8. The molecule has 1 saturated carbocycles. The van der Waals surface area contributed by atoms with Crippen LogP contribution >= 0.6 is 11.3 Å². The zero-order valence-corrected chi connectivity index (χ0v) is 19.3. The van der Waals surface area contributed by atoms with Crippen LogP contribution in [0.1, 0.15) is 75.3 Å². The van der Waals surface area contributed by atoms with Gasteiger partial charge in [0.2, 0.25) is 5.91 Å². The summed E-state index contributed by atoms with van der Waals surface area (Å²) in [7, 11) is 0. The summed E-state index contributed by atoms with van der Waals surface area (Å²) in [5, 5.41) is 15.9. The molecule has 1 atom stereocenters. The van der Waals surface area contributed by atoms with Crippen molar-refractivity contribution in [3.63, 3.8) is 0 Å². The minimum absolute atomic E-state index is 0.234. The molecule has 1 aromatic rings. The minimum Gasteiger partial charge on any atom is -0.323 e. The number of anilines is 1. The van der Waals surface area contributed by atoms with Gasteiger partial charge in [0.15, 0.2) is 0 Å². The number of urea groups is 1. The number of hydrogen-bond donors (Lipinski definition) is 2. The first kappa shape index (κ1) is 21.8. The standard InChI is InChI=1S/C23H30N4O3S/c1-4-22(2,3)14-7-8-15-16(12-24)19(31-17(15)11-14)25-18(28)13-27-20(29)23(26-21(27)30)9-5-6-10-23/h14H,4-11,13H2,1-3H3,(H,25,28)(H,26,30). The number of imide groups is 1. The molecule has 7 nitrogen and oxygen atoms in total. The van der Waals surface area contributed by atoms with Gasteiger partial charge in [-0.3, -0.25) is 14.5 Å². The molecule has 1 spiro atoms. The molecule has 1 saturated heterocycles. The van der Waals surface area contributed by atoms with E-state index in [4.69, 9.17) is 0 Å². The highest BCUT2D eigenvalue weighted by Crippen LogP contribution is 2.45. The highest BCUT2D eigenvalue weighted by Gasteiger charge is 2.52. The van der Waals surface area contributed by atoms with Crippen molar-refractivity contribution in [3.8, 4) is 6.07 Å². The fourth-order valence-corrected chi connectivity index (χ4v) is 6.49. The van der Waals surface area contributed by atoms with Gasteiger partial charge in [0.25, 0.3) is 5.91 Å². The predicted octanol–water partition coefficient (Wildman–Crippen LogP) is 3.96. The average molecular weight is 443 g/mol. The molecule has 4 amide bonds. The maximum Gasteiger partial charge on any atom is 0.325 e. The quantitative estimate of drug-likeness (QED) is 0.674. The second kappa shape index (κ2) is 7.94. The summed E-state index contributed by atoms with van der Waals surface area (Å²) in [6.45, 7) is 6.46. The van der Waals surface area contributed by atoms with Crippen molar-refractivity contribution in [1.82, 2.24) is 10.2 Å². The first-order chi connectivity index (χ1) is 14.7. The summed E-state index contributed by atoms with van der Waals surface area (Å²) in [6, 6.07) is 1.76. The van der Waals surface area contributed by atoms with Gasteiger partial charge in [0, 0.05) is 4.88 Å². The lowest BCUT2D eigenvalue weighted by molar-refractivity contribution is -0.133. The number of rotatable bonds is 5. The van der Waals surface area contributed by atoms with Gasteiger partial charge in [-0.2, -0.15) is 5.26 Å². The van der Waals surface area contributed by atoms with Gasteiger partial charge in [-0.1, -0.05) is 40.0 Å². The molecule has 1 aromatic heterocycles. The largest absolute Gasteiger partial charge is 0.325 e. The van der Waals surface area contributed by atoms with Crippen molar-refractivity contribution < 1.29 is 14.4 Å². The van der Waals surface area contributed by atoms with E-state index in [1.54, 1.807) is 0 Å². The second-order valence-electron chi connectivity index (χ2n) is 9.76. The Kier molecular flexibility index (Phi) is 5.59. The fourth-order valence-electron chi connectivity index (χ4n) is 5.19. The van der Waals surface area contributed by atoms with Gasteiger partial charge in [-0.05, 0) is 49.0 Å². The van der Waals surface area contributed by atoms with E-state index in [-0.39, 0.29) is 17.9 Å². The van der Waals surface area contributed by atoms with Crippen molar-refractivity contribution in [2.75, 3.05) is 11.9 Å². The highest BCUT2D eigenvalue weighted by molar-refractivity contribution is 7.16. The van der Waals surface area contributed by atoms with Gasteiger partial charge >= 0.3 is 6.03 Å². The zero-order valence-electron chi connectivity index (χ0n) is 18.5. The van der Waals surface area contributed by atoms with E-state index in [9.17, 15) is 19.6 Å². The van der Waals surface area contributed by atoms with Gasteiger partial charge < -0.3 is 10.6 Å². The minimum atomic E-state index is -0.821. The SMILES string of the molecule is CCC(C)(C)C1CCc2c(sc(NC(=O)CN3C(=O)NC4(CCCC4)C3=O)c2C#N)C1. The number of thiophene rings is 1. The Balaban J connectivity index is 1.48. The lowest BCUT2D eigenvalue weighted by Gasteiger charge is -2.36. The van der Waals surface area contributed by atoms with Crippen LogP contribution in [0.5, 0.6) is 0 Å². The molecule has 31 heavy (non-hydrogen) atoms. The fraction of sp³-hybridized carbons (Fsp3) is 0.652. The highest BCUT2D eigenvalue weighted by atomic mass is 32.1. The third kappa shape index (κ3) is 3.73. The van der Waals surface area contributed by atoms with Crippen LogP contribution in [-0.4, -0.2) is 34.8 Å². The second-order valence-corrected chi connectivity index (χ2v) is 10.9. The van der Waals surface area contributed by atoms with Crippen molar-refractivity contribution in [2.24, 2.45) is 11.3 Å². The van der Waals surface area contributed by atoms with Crippen LogP contribution in [0.25, 0.3) is 0 Å². The van der Waals surface area contributed by atoms with Gasteiger partial charge in [0.05, 0.1) is 5.56 Å². The van der Waals surface area contributed by atoms with Crippen molar-refractivity contribution in [2.45, 2.75) is 77.7 Å². The molecule has 4 rings (SSSR count). The molecule has 3 aliphatic rings. The number of nitrogens with zero attached hydrogens (tertiary/aromatic N) is 2. The molecule has 1 unspecified atom stereocenters. The van der Waals surface area contributed by atoms with Gasteiger partial charge in [0.1, 0.15) is 23.2 Å². The van der Waals surface area contributed by atoms with Gasteiger partial charge in [-0.15, -0.1) is 11.3 Å². The molecule has 166 valence electrons. The molecule has 8 heteroatoms. The van der Waals surface area contributed by atoms with E-state index in [1.807, 2.05) is 0 Å². The van der Waals surface area contributed by atoms with Gasteiger partial charge in [-0.25, -0.2) is 4.79 Å². The van der Waals surface area contributed by atoms with Crippen LogP contribution in [0.2, 0.25) is 0 Å². The molecule has 2 N–H and O–H groups in total. The molecule has 2 aliphatic carbocycles. The van der Waals surface area contributed by atoms with Crippen LogP contribution in [0.3, 0.4) is 0 Å². The summed E-state index contributed by atoms with van der Waals surface area (Å²) < 4.78 is 0.